The first-order chi connectivity index (χ1) is 11.0. The summed E-state index contributed by atoms with van der Waals surface area (Å²) in [5, 5.41) is 0. The molecule has 2 rings (SSSR count). The van der Waals surface area contributed by atoms with Crippen molar-refractivity contribution in [1.82, 2.24) is 0 Å². The van der Waals surface area contributed by atoms with Crippen LogP contribution in [0.3, 0.4) is 0 Å². The summed E-state index contributed by atoms with van der Waals surface area (Å²) >= 11 is 0. The van der Waals surface area contributed by atoms with E-state index in [1.54, 1.807) is 6.07 Å². The molecule has 0 spiro atoms. The highest BCUT2D eigenvalue weighted by Gasteiger charge is 2.10. The molecule has 0 heterocycles. The Balaban J connectivity index is 2.06. The molecule has 0 atom stereocenters. The molecule has 0 radical (unpaired) electrons. The van der Waals surface area contributed by atoms with Gasteiger partial charge >= 0.3 is 0 Å². The quantitative estimate of drug-likeness (QED) is 0.554. The molecular weight excluding hydrogens is 312 g/mol. The van der Waals surface area contributed by atoms with E-state index in [9.17, 15) is 8.42 Å². The van der Waals surface area contributed by atoms with Crippen LogP contribution in [0, 0.1) is 0 Å². The van der Waals surface area contributed by atoms with Gasteiger partial charge in [0.25, 0.3) is 10.1 Å². The molecule has 124 valence electrons. The molecule has 0 aliphatic rings. The Morgan fingerprint density at radius 3 is 2.35 bits per heavy atom. The number of rotatable bonds is 8. The van der Waals surface area contributed by atoms with Crippen molar-refractivity contribution in [3.8, 4) is 11.5 Å². The maximum absolute atomic E-state index is 11.2. The molecule has 0 saturated heterocycles. The monoisotopic (exact) mass is 334 g/mol. The van der Waals surface area contributed by atoms with Crippen LogP contribution in [0.2, 0.25) is 0 Å². The number of ether oxygens (including phenoxy) is 1. The summed E-state index contributed by atoms with van der Waals surface area (Å²) in [6.45, 7) is 2.19. The number of aryl methyl sites for hydroxylation is 1. The normalized spacial score (nSPS) is 11.4. The summed E-state index contributed by atoms with van der Waals surface area (Å²) < 4.78 is 37.1. The van der Waals surface area contributed by atoms with E-state index in [1.807, 2.05) is 18.2 Å². The van der Waals surface area contributed by atoms with Gasteiger partial charge < -0.3 is 4.74 Å². The second-order valence-electron chi connectivity index (χ2n) is 5.51. The molecule has 5 heteroatoms. The molecular formula is C18H22O4S. The van der Waals surface area contributed by atoms with Crippen LogP contribution < -0.4 is 4.74 Å². The van der Waals surface area contributed by atoms with Gasteiger partial charge in [0.15, 0.2) is 0 Å². The third-order valence-corrected chi connectivity index (χ3v) is 4.41. The van der Waals surface area contributed by atoms with Crippen LogP contribution in [-0.4, -0.2) is 13.0 Å². The lowest BCUT2D eigenvalue weighted by Gasteiger charge is -2.08. The average molecular weight is 334 g/mol. The molecule has 0 aliphatic carbocycles. The lowest BCUT2D eigenvalue weighted by molar-refractivity contribution is 0.471. The smallest absolute Gasteiger partial charge is 0.294 e. The summed E-state index contributed by atoms with van der Waals surface area (Å²) in [7, 11) is -4.22. The van der Waals surface area contributed by atoms with Crippen LogP contribution in [0.5, 0.6) is 11.5 Å². The summed E-state index contributed by atoms with van der Waals surface area (Å²) in [5.74, 6) is 1.04. The maximum Gasteiger partial charge on any atom is 0.294 e. The molecule has 2 aromatic carbocycles. The van der Waals surface area contributed by atoms with E-state index in [0.29, 0.717) is 11.5 Å². The van der Waals surface area contributed by atoms with Crippen LogP contribution in [0.1, 0.15) is 38.2 Å². The van der Waals surface area contributed by atoms with E-state index >= 15 is 0 Å². The van der Waals surface area contributed by atoms with Crippen molar-refractivity contribution in [3.63, 3.8) is 0 Å². The molecule has 0 unspecified atom stereocenters. The third-order valence-electron chi connectivity index (χ3n) is 3.56. The Morgan fingerprint density at radius 1 is 0.957 bits per heavy atom. The van der Waals surface area contributed by atoms with Gasteiger partial charge in [-0.2, -0.15) is 8.42 Å². The van der Waals surface area contributed by atoms with Crippen LogP contribution in [0.25, 0.3) is 0 Å². The van der Waals surface area contributed by atoms with Crippen molar-refractivity contribution >= 4 is 10.1 Å². The fourth-order valence-corrected chi connectivity index (χ4v) is 2.87. The van der Waals surface area contributed by atoms with E-state index in [0.717, 1.165) is 12.8 Å². The van der Waals surface area contributed by atoms with Crippen molar-refractivity contribution in [2.24, 2.45) is 0 Å². The molecule has 0 amide bonds. The van der Waals surface area contributed by atoms with Crippen LogP contribution in [-0.2, 0) is 16.5 Å². The first-order valence-corrected chi connectivity index (χ1v) is 9.27. The number of hydrogen-bond donors (Lipinski definition) is 1. The lowest BCUT2D eigenvalue weighted by atomic mass is 10.1. The highest BCUT2D eigenvalue weighted by Crippen LogP contribution is 2.25. The third kappa shape index (κ3) is 5.69. The Labute approximate surface area is 137 Å². The molecule has 0 aliphatic heterocycles. The Morgan fingerprint density at radius 2 is 1.65 bits per heavy atom. The van der Waals surface area contributed by atoms with Crippen molar-refractivity contribution in [2.75, 3.05) is 0 Å². The van der Waals surface area contributed by atoms with Crippen LogP contribution in [0.15, 0.2) is 53.4 Å². The average Bonchev–Trinajstić information content (AvgIpc) is 2.51. The highest BCUT2D eigenvalue weighted by molar-refractivity contribution is 7.85. The first-order valence-electron chi connectivity index (χ1n) is 7.83. The molecule has 1 N–H and O–H groups in total. The minimum absolute atomic E-state index is 0.175. The summed E-state index contributed by atoms with van der Waals surface area (Å²) in [4.78, 5) is -0.175. The van der Waals surface area contributed by atoms with Gasteiger partial charge in [0.05, 0.1) is 4.90 Å². The molecule has 0 bridgehead atoms. The summed E-state index contributed by atoms with van der Waals surface area (Å²) in [6.07, 6.45) is 5.83. The Kier molecular flexibility index (Phi) is 6.19. The molecule has 23 heavy (non-hydrogen) atoms. The minimum atomic E-state index is -4.22. The molecule has 0 aromatic heterocycles. The SMILES string of the molecule is CCCCCCc1cccc(Oc2cccc(S(=O)(=O)O)c2)c1. The van der Waals surface area contributed by atoms with Gasteiger partial charge in [-0.05, 0) is 42.7 Å². The van der Waals surface area contributed by atoms with Gasteiger partial charge in [-0.1, -0.05) is 44.4 Å². The largest absolute Gasteiger partial charge is 0.457 e. The van der Waals surface area contributed by atoms with E-state index < -0.39 is 10.1 Å². The zero-order valence-electron chi connectivity index (χ0n) is 13.2. The predicted octanol–water partition coefficient (Wildman–Crippen LogP) is 4.85. The van der Waals surface area contributed by atoms with E-state index in [-0.39, 0.29) is 4.90 Å². The van der Waals surface area contributed by atoms with Gasteiger partial charge in [-0.15, -0.1) is 0 Å². The van der Waals surface area contributed by atoms with Crippen LogP contribution >= 0.6 is 0 Å². The Hall–Kier alpha value is -1.85. The van der Waals surface area contributed by atoms with Gasteiger partial charge in [0.1, 0.15) is 11.5 Å². The van der Waals surface area contributed by atoms with Gasteiger partial charge in [-0.3, -0.25) is 4.55 Å². The predicted molar refractivity (Wildman–Crippen MR) is 90.6 cm³/mol. The van der Waals surface area contributed by atoms with Gasteiger partial charge in [0.2, 0.25) is 0 Å². The lowest BCUT2D eigenvalue weighted by Crippen LogP contribution is -1.98. The molecule has 4 nitrogen and oxygen atoms in total. The van der Waals surface area contributed by atoms with Crippen LogP contribution in [0.4, 0.5) is 0 Å². The van der Waals surface area contributed by atoms with Crippen molar-refractivity contribution in [3.05, 3.63) is 54.1 Å². The van der Waals surface area contributed by atoms with Crippen molar-refractivity contribution < 1.29 is 17.7 Å². The van der Waals surface area contributed by atoms with Crippen molar-refractivity contribution in [1.29, 1.82) is 0 Å². The zero-order chi connectivity index (χ0) is 16.7. The highest BCUT2D eigenvalue weighted by atomic mass is 32.2. The summed E-state index contributed by atoms with van der Waals surface area (Å²) in [5.41, 5.74) is 1.20. The molecule has 2 aromatic rings. The molecule has 0 saturated carbocycles. The van der Waals surface area contributed by atoms with Crippen molar-refractivity contribution in [2.45, 2.75) is 43.9 Å². The minimum Gasteiger partial charge on any atom is -0.457 e. The maximum atomic E-state index is 11.2. The zero-order valence-corrected chi connectivity index (χ0v) is 14.1. The first kappa shape index (κ1) is 17.5. The Bertz CT molecular complexity index is 738. The number of benzene rings is 2. The summed E-state index contributed by atoms with van der Waals surface area (Å²) in [6, 6.07) is 13.6. The fraction of sp³-hybridized carbons (Fsp3) is 0.333. The molecule has 0 fully saturated rings. The second kappa shape index (κ2) is 8.13. The topological polar surface area (TPSA) is 63.6 Å². The number of unbranched alkanes of at least 4 members (excludes halogenated alkanes) is 3. The van der Waals surface area contributed by atoms with E-state index in [2.05, 4.69) is 13.0 Å². The van der Waals surface area contributed by atoms with E-state index in [1.165, 1.54) is 43.0 Å². The van der Waals surface area contributed by atoms with Gasteiger partial charge in [0, 0.05) is 6.07 Å². The fourth-order valence-electron chi connectivity index (χ4n) is 2.35. The standard InChI is InChI=1S/C18H22O4S/c1-2-3-4-5-8-15-9-6-10-16(13-15)22-17-11-7-12-18(14-17)23(19,20)21/h6-7,9-14H,2-5,8H2,1H3,(H,19,20,21). The van der Waals surface area contributed by atoms with E-state index in [4.69, 9.17) is 9.29 Å². The number of hydrogen-bond acceptors (Lipinski definition) is 3. The second-order valence-corrected chi connectivity index (χ2v) is 6.93. The van der Waals surface area contributed by atoms with Gasteiger partial charge in [-0.25, -0.2) is 0 Å².